The molecule has 1 aromatic heterocycles. The maximum Gasteiger partial charge on any atom is 0.251 e. The monoisotopic (exact) mass is 286 g/mol. The van der Waals surface area contributed by atoms with Crippen molar-refractivity contribution in [3.05, 3.63) is 35.2 Å². The minimum absolute atomic E-state index is 0.0825. The third-order valence-corrected chi connectivity index (χ3v) is 5.57. The zero-order valence-corrected chi connectivity index (χ0v) is 12.2. The van der Waals surface area contributed by atoms with Crippen LogP contribution in [0.15, 0.2) is 29.6 Å². The van der Waals surface area contributed by atoms with Crippen molar-refractivity contribution in [2.24, 2.45) is 5.92 Å². The molecule has 20 heavy (non-hydrogen) atoms. The van der Waals surface area contributed by atoms with Crippen molar-refractivity contribution in [1.82, 2.24) is 10.2 Å². The Hall–Kier alpha value is -1.39. The second-order valence-corrected chi connectivity index (χ2v) is 6.84. The first kappa shape index (κ1) is 12.4. The molecule has 3 aliphatic rings. The number of rotatable bonds is 2. The molecule has 1 atom stereocenters. The lowest BCUT2D eigenvalue weighted by atomic mass is 9.84. The molecular formula is C16H18N2OS. The van der Waals surface area contributed by atoms with Crippen LogP contribution in [0.2, 0.25) is 0 Å². The lowest BCUT2D eigenvalue weighted by Gasteiger charge is -2.44. The fourth-order valence-corrected chi connectivity index (χ4v) is 4.30. The SMILES string of the molecule is O=C(NC1CN2CCC1CC2)c1ccc2ccsc2c1. The number of nitrogens with zero attached hydrogens (tertiary/aromatic N) is 1. The quantitative estimate of drug-likeness (QED) is 0.920. The van der Waals surface area contributed by atoms with Gasteiger partial charge in [-0.15, -0.1) is 11.3 Å². The van der Waals surface area contributed by atoms with Gasteiger partial charge in [0.05, 0.1) is 0 Å². The number of benzene rings is 1. The molecule has 5 rings (SSSR count). The minimum Gasteiger partial charge on any atom is -0.348 e. The Balaban J connectivity index is 1.52. The molecule has 1 N–H and O–H groups in total. The maximum absolute atomic E-state index is 12.4. The summed E-state index contributed by atoms with van der Waals surface area (Å²) in [7, 11) is 0. The van der Waals surface area contributed by atoms with Crippen LogP contribution in [0.4, 0.5) is 0 Å². The smallest absolute Gasteiger partial charge is 0.251 e. The molecule has 3 fully saturated rings. The highest BCUT2D eigenvalue weighted by molar-refractivity contribution is 7.17. The summed E-state index contributed by atoms with van der Waals surface area (Å²) in [6.07, 6.45) is 2.46. The summed E-state index contributed by atoms with van der Waals surface area (Å²) in [6.45, 7) is 3.44. The number of fused-ring (bicyclic) bond motifs is 4. The Morgan fingerprint density at radius 2 is 2.10 bits per heavy atom. The topological polar surface area (TPSA) is 32.3 Å². The van der Waals surface area contributed by atoms with Gasteiger partial charge >= 0.3 is 0 Å². The summed E-state index contributed by atoms with van der Waals surface area (Å²) in [4.78, 5) is 14.9. The highest BCUT2D eigenvalue weighted by Gasteiger charge is 2.34. The molecule has 4 heteroatoms. The van der Waals surface area contributed by atoms with E-state index in [0.29, 0.717) is 12.0 Å². The van der Waals surface area contributed by atoms with E-state index in [1.165, 1.54) is 36.0 Å². The van der Waals surface area contributed by atoms with Gasteiger partial charge in [0.25, 0.3) is 5.91 Å². The molecule has 3 nitrogen and oxygen atoms in total. The Labute approximate surface area is 122 Å². The van der Waals surface area contributed by atoms with E-state index in [9.17, 15) is 4.79 Å². The number of hydrogen-bond donors (Lipinski definition) is 1. The lowest BCUT2D eigenvalue weighted by Crippen LogP contribution is -2.57. The van der Waals surface area contributed by atoms with E-state index in [1.807, 2.05) is 18.2 Å². The van der Waals surface area contributed by atoms with Crippen LogP contribution in [0.3, 0.4) is 0 Å². The zero-order valence-electron chi connectivity index (χ0n) is 11.3. The first-order valence-electron chi connectivity index (χ1n) is 7.30. The van der Waals surface area contributed by atoms with Crippen LogP contribution in [-0.4, -0.2) is 36.5 Å². The summed E-state index contributed by atoms with van der Waals surface area (Å²) in [5.74, 6) is 0.758. The fourth-order valence-electron chi connectivity index (χ4n) is 3.48. The van der Waals surface area contributed by atoms with Gasteiger partial charge in [-0.25, -0.2) is 0 Å². The van der Waals surface area contributed by atoms with Crippen LogP contribution in [0.25, 0.3) is 10.1 Å². The Bertz CT molecular complexity index is 643. The second kappa shape index (κ2) is 4.86. The van der Waals surface area contributed by atoms with Crippen molar-refractivity contribution in [2.75, 3.05) is 19.6 Å². The number of amides is 1. The van der Waals surface area contributed by atoms with Crippen LogP contribution in [-0.2, 0) is 0 Å². The molecule has 0 radical (unpaired) electrons. The number of carbonyl (C=O) groups excluding carboxylic acids is 1. The third-order valence-electron chi connectivity index (χ3n) is 4.69. The van der Waals surface area contributed by atoms with Crippen molar-refractivity contribution in [1.29, 1.82) is 0 Å². The van der Waals surface area contributed by atoms with Crippen LogP contribution in [0.1, 0.15) is 23.2 Å². The van der Waals surface area contributed by atoms with E-state index in [2.05, 4.69) is 21.7 Å². The summed E-state index contributed by atoms with van der Waals surface area (Å²) in [5.41, 5.74) is 0.788. The van der Waals surface area contributed by atoms with Crippen molar-refractivity contribution in [3.63, 3.8) is 0 Å². The molecule has 2 aromatic rings. The molecule has 0 saturated carbocycles. The lowest BCUT2D eigenvalue weighted by molar-refractivity contribution is 0.0620. The van der Waals surface area contributed by atoms with Gasteiger partial charge in [-0.2, -0.15) is 0 Å². The molecule has 4 heterocycles. The van der Waals surface area contributed by atoms with Crippen molar-refractivity contribution in [3.8, 4) is 0 Å². The number of carbonyl (C=O) groups is 1. The number of nitrogens with one attached hydrogen (secondary N) is 1. The molecule has 0 spiro atoms. The van der Waals surface area contributed by atoms with Gasteiger partial charge in [-0.3, -0.25) is 4.79 Å². The van der Waals surface area contributed by atoms with Gasteiger partial charge in [0.15, 0.2) is 0 Å². The summed E-state index contributed by atoms with van der Waals surface area (Å²) in [6, 6.07) is 8.42. The Morgan fingerprint density at radius 1 is 1.25 bits per heavy atom. The van der Waals surface area contributed by atoms with E-state index in [-0.39, 0.29) is 5.91 Å². The third kappa shape index (κ3) is 2.13. The van der Waals surface area contributed by atoms with Crippen LogP contribution < -0.4 is 5.32 Å². The van der Waals surface area contributed by atoms with E-state index < -0.39 is 0 Å². The van der Waals surface area contributed by atoms with Crippen LogP contribution >= 0.6 is 11.3 Å². The number of hydrogen-bond acceptors (Lipinski definition) is 3. The number of piperidine rings is 3. The minimum atomic E-state index is 0.0825. The summed E-state index contributed by atoms with van der Waals surface area (Å²) >= 11 is 1.69. The van der Waals surface area contributed by atoms with E-state index in [0.717, 1.165) is 12.1 Å². The largest absolute Gasteiger partial charge is 0.348 e. The van der Waals surface area contributed by atoms with Crippen molar-refractivity contribution in [2.45, 2.75) is 18.9 Å². The van der Waals surface area contributed by atoms with E-state index >= 15 is 0 Å². The average molecular weight is 286 g/mol. The standard InChI is InChI=1S/C16H18N2OS/c19-16(13-2-1-12-5-8-20-15(12)9-13)17-14-10-18-6-3-11(14)4-7-18/h1-2,5,8-9,11,14H,3-4,6-7,10H2,(H,17,19). The van der Waals surface area contributed by atoms with E-state index in [1.54, 1.807) is 11.3 Å². The first-order chi connectivity index (χ1) is 9.79. The molecule has 3 saturated heterocycles. The first-order valence-corrected chi connectivity index (χ1v) is 8.18. The molecule has 104 valence electrons. The molecule has 2 bridgehead atoms. The van der Waals surface area contributed by atoms with Gasteiger partial charge in [-0.05, 0) is 60.8 Å². The van der Waals surface area contributed by atoms with Crippen LogP contribution in [0, 0.1) is 5.92 Å². The van der Waals surface area contributed by atoms with Crippen molar-refractivity contribution < 1.29 is 4.79 Å². The maximum atomic E-state index is 12.4. The number of thiophene rings is 1. The molecule has 3 aliphatic heterocycles. The normalized spacial score (nSPS) is 28.7. The predicted molar refractivity (Wildman–Crippen MR) is 82.2 cm³/mol. The highest BCUT2D eigenvalue weighted by atomic mass is 32.1. The molecule has 1 aromatic carbocycles. The zero-order chi connectivity index (χ0) is 13.5. The Morgan fingerprint density at radius 3 is 2.85 bits per heavy atom. The van der Waals surface area contributed by atoms with Gasteiger partial charge in [-0.1, -0.05) is 6.07 Å². The van der Waals surface area contributed by atoms with Crippen molar-refractivity contribution >= 4 is 27.3 Å². The molecular weight excluding hydrogens is 268 g/mol. The van der Waals surface area contributed by atoms with Gasteiger partial charge in [0, 0.05) is 22.8 Å². The summed E-state index contributed by atoms with van der Waals surface area (Å²) in [5, 5.41) is 6.53. The molecule has 1 unspecified atom stereocenters. The van der Waals surface area contributed by atoms with E-state index in [4.69, 9.17) is 0 Å². The summed E-state index contributed by atoms with van der Waals surface area (Å²) < 4.78 is 1.19. The average Bonchev–Trinajstić information content (AvgIpc) is 2.96. The predicted octanol–water partition coefficient (Wildman–Crippen LogP) is 2.73. The van der Waals surface area contributed by atoms with Crippen LogP contribution in [0.5, 0.6) is 0 Å². The molecule has 0 aliphatic carbocycles. The molecule has 1 amide bonds. The van der Waals surface area contributed by atoms with Gasteiger partial charge < -0.3 is 10.2 Å². The fraction of sp³-hybridized carbons (Fsp3) is 0.438. The Kier molecular flexibility index (Phi) is 3.00. The highest BCUT2D eigenvalue weighted by Crippen LogP contribution is 2.28. The van der Waals surface area contributed by atoms with Gasteiger partial charge in [0.1, 0.15) is 0 Å². The van der Waals surface area contributed by atoms with Gasteiger partial charge in [0.2, 0.25) is 0 Å². The second-order valence-electron chi connectivity index (χ2n) is 5.89.